The summed E-state index contributed by atoms with van der Waals surface area (Å²) in [5, 5.41) is 0. The summed E-state index contributed by atoms with van der Waals surface area (Å²) in [5.74, 6) is -0.0839. The number of primary amides is 1. The largest absolute Gasteiger partial charge is 0.477 e. The second-order valence-electron chi connectivity index (χ2n) is 2.39. The van der Waals surface area contributed by atoms with Crippen molar-refractivity contribution in [1.29, 1.82) is 0 Å². The third-order valence-corrected chi connectivity index (χ3v) is 1.43. The molecule has 1 amide bonds. The van der Waals surface area contributed by atoms with Gasteiger partial charge in [-0.25, -0.2) is 0 Å². The molecule has 0 aliphatic rings. The molecule has 0 saturated carbocycles. The standard InChI is InChI=1S/C8H11N3O2/c1-2-13-8-5(7(10)12)3-4-6(9)11-8/h3-4H,2H2,1H3,(H2,9,11)(H2,10,12). The first kappa shape index (κ1) is 9.31. The first-order valence-electron chi connectivity index (χ1n) is 3.84. The van der Waals surface area contributed by atoms with E-state index in [1.54, 1.807) is 6.92 Å². The maximum absolute atomic E-state index is 10.9. The number of anilines is 1. The quantitative estimate of drug-likeness (QED) is 0.694. The summed E-state index contributed by atoms with van der Waals surface area (Å²) in [6.45, 7) is 2.20. The van der Waals surface area contributed by atoms with Crippen LogP contribution in [0.3, 0.4) is 0 Å². The zero-order valence-electron chi connectivity index (χ0n) is 7.28. The Kier molecular flexibility index (Phi) is 2.69. The molecule has 0 aromatic carbocycles. The highest BCUT2D eigenvalue weighted by molar-refractivity contribution is 5.95. The summed E-state index contributed by atoms with van der Waals surface area (Å²) in [5.41, 5.74) is 10.8. The van der Waals surface area contributed by atoms with Crippen molar-refractivity contribution < 1.29 is 9.53 Å². The number of carbonyl (C=O) groups is 1. The number of nitrogens with zero attached hydrogens (tertiary/aromatic N) is 1. The van der Waals surface area contributed by atoms with Gasteiger partial charge < -0.3 is 16.2 Å². The fourth-order valence-corrected chi connectivity index (χ4v) is 0.889. The molecule has 0 atom stereocenters. The van der Waals surface area contributed by atoms with Gasteiger partial charge in [0.2, 0.25) is 5.88 Å². The van der Waals surface area contributed by atoms with Crippen molar-refractivity contribution in [3.05, 3.63) is 17.7 Å². The molecule has 13 heavy (non-hydrogen) atoms. The predicted molar refractivity (Wildman–Crippen MR) is 48.3 cm³/mol. The highest BCUT2D eigenvalue weighted by Gasteiger charge is 2.10. The van der Waals surface area contributed by atoms with E-state index in [0.717, 1.165) is 0 Å². The third kappa shape index (κ3) is 2.08. The first-order valence-corrected chi connectivity index (χ1v) is 3.84. The fourth-order valence-electron chi connectivity index (χ4n) is 0.889. The zero-order chi connectivity index (χ0) is 9.84. The van der Waals surface area contributed by atoms with Crippen molar-refractivity contribution in [2.75, 3.05) is 12.3 Å². The van der Waals surface area contributed by atoms with E-state index < -0.39 is 5.91 Å². The zero-order valence-corrected chi connectivity index (χ0v) is 7.28. The van der Waals surface area contributed by atoms with Gasteiger partial charge in [0.1, 0.15) is 11.4 Å². The average Bonchev–Trinajstić information content (AvgIpc) is 2.04. The minimum absolute atomic E-state index is 0.190. The highest BCUT2D eigenvalue weighted by atomic mass is 16.5. The van der Waals surface area contributed by atoms with Gasteiger partial charge in [-0.1, -0.05) is 0 Å². The molecule has 0 spiro atoms. The van der Waals surface area contributed by atoms with Gasteiger partial charge >= 0.3 is 0 Å². The van der Waals surface area contributed by atoms with Crippen LogP contribution in [0, 0.1) is 0 Å². The third-order valence-electron chi connectivity index (χ3n) is 1.43. The van der Waals surface area contributed by atoms with E-state index in [4.69, 9.17) is 16.2 Å². The van der Waals surface area contributed by atoms with Crippen LogP contribution >= 0.6 is 0 Å². The van der Waals surface area contributed by atoms with Gasteiger partial charge in [0.25, 0.3) is 5.91 Å². The van der Waals surface area contributed by atoms with Crippen LogP contribution < -0.4 is 16.2 Å². The van der Waals surface area contributed by atoms with E-state index in [1.165, 1.54) is 12.1 Å². The van der Waals surface area contributed by atoms with Gasteiger partial charge in [-0.2, -0.15) is 4.98 Å². The summed E-state index contributed by atoms with van der Waals surface area (Å²) in [7, 11) is 0. The molecule has 0 unspecified atom stereocenters. The molecule has 1 heterocycles. The van der Waals surface area contributed by atoms with Gasteiger partial charge in [0.05, 0.1) is 6.61 Å². The normalized spacial score (nSPS) is 9.62. The maximum atomic E-state index is 10.9. The Morgan fingerprint density at radius 3 is 2.85 bits per heavy atom. The number of nitrogens with two attached hydrogens (primary N) is 2. The van der Waals surface area contributed by atoms with Crippen molar-refractivity contribution in [2.45, 2.75) is 6.92 Å². The molecule has 1 aromatic rings. The molecule has 0 radical (unpaired) electrons. The molecule has 0 saturated heterocycles. The molecular weight excluding hydrogens is 170 g/mol. The molecule has 1 rings (SSSR count). The molecular formula is C8H11N3O2. The lowest BCUT2D eigenvalue weighted by Gasteiger charge is -2.06. The van der Waals surface area contributed by atoms with Crippen molar-refractivity contribution in [3.8, 4) is 5.88 Å². The Morgan fingerprint density at radius 2 is 2.31 bits per heavy atom. The molecule has 0 aliphatic heterocycles. The molecule has 4 N–H and O–H groups in total. The second kappa shape index (κ2) is 3.75. The minimum Gasteiger partial charge on any atom is -0.477 e. The minimum atomic E-state index is -0.573. The fraction of sp³-hybridized carbons (Fsp3) is 0.250. The van der Waals surface area contributed by atoms with E-state index >= 15 is 0 Å². The van der Waals surface area contributed by atoms with E-state index in [9.17, 15) is 4.79 Å². The number of pyridine rings is 1. The van der Waals surface area contributed by atoms with Crippen LogP contribution in [0.25, 0.3) is 0 Å². The van der Waals surface area contributed by atoms with Crippen LogP contribution in [0.5, 0.6) is 5.88 Å². The Labute approximate surface area is 75.7 Å². The van der Waals surface area contributed by atoms with Gasteiger partial charge in [-0.3, -0.25) is 4.79 Å². The molecule has 70 valence electrons. The number of rotatable bonds is 3. The van der Waals surface area contributed by atoms with Gasteiger partial charge in [-0.05, 0) is 19.1 Å². The summed E-state index contributed by atoms with van der Waals surface area (Å²) in [6.07, 6.45) is 0. The lowest BCUT2D eigenvalue weighted by Crippen LogP contribution is -2.14. The van der Waals surface area contributed by atoms with E-state index in [-0.39, 0.29) is 11.4 Å². The summed E-state index contributed by atoms with van der Waals surface area (Å²) in [6, 6.07) is 3.00. The number of amides is 1. The first-order chi connectivity index (χ1) is 6.15. The van der Waals surface area contributed by atoms with Crippen LogP contribution in [0.1, 0.15) is 17.3 Å². The van der Waals surface area contributed by atoms with Crippen LogP contribution in [0.2, 0.25) is 0 Å². The number of aromatic nitrogens is 1. The Balaban J connectivity index is 3.10. The molecule has 0 aliphatic carbocycles. The topological polar surface area (TPSA) is 91.2 Å². The number of hydrogen-bond donors (Lipinski definition) is 2. The number of ether oxygens (including phenoxy) is 1. The van der Waals surface area contributed by atoms with Crippen molar-refractivity contribution in [3.63, 3.8) is 0 Å². The highest BCUT2D eigenvalue weighted by Crippen LogP contribution is 2.16. The Bertz CT molecular complexity index is 325. The second-order valence-corrected chi connectivity index (χ2v) is 2.39. The van der Waals surface area contributed by atoms with Crippen LogP contribution in [-0.2, 0) is 0 Å². The number of nitrogen functional groups attached to an aromatic ring is 1. The predicted octanol–water partition coefficient (Wildman–Crippen LogP) is 0.161. The maximum Gasteiger partial charge on any atom is 0.254 e. The summed E-state index contributed by atoms with van der Waals surface area (Å²) >= 11 is 0. The van der Waals surface area contributed by atoms with Crippen LogP contribution in [0.15, 0.2) is 12.1 Å². The Hall–Kier alpha value is -1.78. The van der Waals surface area contributed by atoms with Crippen LogP contribution in [-0.4, -0.2) is 17.5 Å². The molecule has 0 fully saturated rings. The SMILES string of the molecule is CCOc1nc(N)ccc1C(N)=O. The lowest BCUT2D eigenvalue weighted by atomic mass is 10.2. The smallest absolute Gasteiger partial charge is 0.254 e. The Morgan fingerprint density at radius 1 is 1.62 bits per heavy atom. The molecule has 1 aromatic heterocycles. The summed E-state index contributed by atoms with van der Waals surface area (Å²) < 4.78 is 5.09. The van der Waals surface area contributed by atoms with Gasteiger partial charge in [0.15, 0.2) is 0 Å². The van der Waals surface area contributed by atoms with Gasteiger partial charge in [0, 0.05) is 0 Å². The van der Waals surface area contributed by atoms with E-state index in [1.807, 2.05) is 0 Å². The van der Waals surface area contributed by atoms with Gasteiger partial charge in [-0.15, -0.1) is 0 Å². The summed E-state index contributed by atoms with van der Waals surface area (Å²) in [4.78, 5) is 14.7. The van der Waals surface area contributed by atoms with Crippen LogP contribution in [0.4, 0.5) is 5.82 Å². The monoisotopic (exact) mass is 181 g/mol. The number of hydrogen-bond acceptors (Lipinski definition) is 4. The lowest BCUT2D eigenvalue weighted by molar-refractivity contribution is 0.0996. The van der Waals surface area contributed by atoms with Crippen molar-refractivity contribution in [2.24, 2.45) is 5.73 Å². The average molecular weight is 181 g/mol. The van der Waals surface area contributed by atoms with E-state index in [2.05, 4.69) is 4.98 Å². The van der Waals surface area contributed by atoms with Crippen molar-refractivity contribution >= 4 is 11.7 Å². The number of carbonyl (C=O) groups excluding carboxylic acids is 1. The molecule has 5 nitrogen and oxygen atoms in total. The molecule has 5 heteroatoms. The molecule has 0 bridgehead atoms. The van der Waals surface area contributed by atoms with Crippen molar-refractivity contribution in [1.82, 2.24) is 4.98 Å². The van der Waals surface area contributed by atoms with E-state index in [0.29, 0.717) is 12.4 Å².